The highest BCUT2D eigenvalue weighted by Crippen LogP contribution is 2.40. The van der Waals surface area contributed by atoms with Crippen LogP contribution in [0, 0.1) is 5.41 Å². The number of hydrogen-bond donors (Lipinski definition) is 3. The number of halogens is 2. The molecule has 0 fully saturated rings. The van der Waals surface area contributed by atoms with E-state index in [9.17, 15) is 19.5 Å². The van der Waals surface area contributed by atoms with Crippen LogP contribution in [0.25, 0.3) is 11.5 Å². The van der Waals surface area contributed by atoms with Crippen molar-refractivity contribution in [3.63, 3.8) is 0 Å². The number of unbranched alkanes of at least 4 members (excludes halogenated alkanes) is 1. The molecule has 3 heterocycles. The molecule has 0 bridgehead atoms. The fourth-order valence-corrected chi connectivity index (χ4v) is 4.30. The number of Topliss-reactive ketones (excluding diaryl/α,β-unsaturated/α-hetero) is 1. The summed E-state index contributed by atoms with van der Waals surface area (Å²) in [6, 6.07) is 2.02. The first kappa shape index (κ1) is 28.1. The maximum absolute atomic E-state index is 13.3. The maximum atomic E-state index is 13.3. The van der Waals surface area contributed by atoms with Crippen molar-refractivity contribution in [2.75, 3.05) is 5.32 Å². The van der Waals surface area contributed by atoms with E-state index >= 15 is 0 Å². The van der Waals surface area contributed by atoms with Crippen LogP contribution >= 0.6 is 23.2 Å². The monoisotopic (exact) mass is 551 g/mol. The third-order valence-corrected chi connectivity index (χ3v) is 5.83. The van der Waals surface area contributed by atoms with E-state index in [0.29, 0.717) is 18.4 Å². The summed E-state index contributed by atoms with van der Waals surface area (Å²) in [4.78, 5) is 43.6. The summed E-state index contributed by atoms with van der Waals surface area (Å²) in [6.07, 6.45) is 1.27. The number of ketones is 1. The average molecular weight is 552 g/mol. The van der Waals surface area contributed by atoms with Crippen LogP contribution in [0.2, 0.25) is 10.3 Å². The lowest BCUT2D eigenvalue weighted by Crippen LogP contribution is -2.52. The highest BCUT2D eigenvalue weighted by atomic mass is 35.5. The molecule has 2 amide bonds. The first-order valence-electron chi connectivity index (χ1n) is 11.4. The molecule has 0 aromatic carbocycles. The van der Waals surface area contributed by atoms with Crippen LogP contribution in [-0.4, -0.2) is 59.2 Å². The van der Waals surface area contributed by atoms with E-state index in [-0.39, 0.29) is 34.3 Å². The molecule has 3 aromatic heterocycles. The molecule has 2 atom stereocenters. The normalized spacial score (nSPS) is 13.1. The molecule has 3 rings (SSSR count). The molecule has 0 aliphatic rings. The minimum Gasteiger partial charge on any atom is -0.465 e. The van der Waals surface area contributed by atoms with Crippen molar-refractivity contribution in [3.05, 3.63) is 40.6 Å². The van der Waals surface area contributed by atoms with E-state index in [0.717, 1.165) is 4.90 Å². The van der Waals surface area contributed by atoms with Crippen LogP contribution in [-0.2, 0) is 9.59 Å². The second-order valence-electron chi connectivity index (χ2n) is 9.35. The van der Waals surface area contributed by atoms with Crippen molar-refractivity contribution in [1.29, 1.82) is 0 Å². The molecule has 12 nitrogen and oxygen atoms in total. The number of nitrogens with one attached hydrogen (secondary N) is 2. The Balaban J connectivity index is 2.04. The van der Waals surface area contributed by atoms with Crippen LogP contribution in [0.15, 0.2) is 28.8 Å². The van der Waals surface area contributed by atoms with Gasteiger partial charge in [0.15, 0.2) is 0 Å². The number of aromatic amines is 1. The predicted octanol–water partition coefficient (Wildman–Crippen LogP) is 5.00. The number of carboxylic acid groups (broad SMARTS) is 1. The molecule has 3 aromatic rings. The van der Waals surface area contributed by atoms with Gasteiger partial charge in [-0.3, -0.25) is 19.6 Å². The van der Waals surface area contributed by atoms with Crippen molar-refractivity contribution >= 4 is 46.8 Å². The van der Waals surface area contributed by atoms with Crippen molar-refractivity contribution in [2.24, 2.45) is 5.41 Å². The van der Waals surface area contributed by atoms with Gasteiger partial charge >= 0.3 is 6.09 Å². The topological polar surface area (TPSA) is 167 Å². The summed E-state index contributed by atoms with van der Waals surface area (Å²) in [5.41, 5.74) is -0.434. The number of aromatic nitrogens is 5. The van der Waals surface area contributed by atoms with E-state index in [4.69, 9.17) is 27.6 Å². The lowest BCUT2D eigenvalue weighted by atomic mass is 9.84. The van der Waals surface area contributed by atoms with E-state index in [1.807, 2.05) is 6.92 Å². The van der Waals surface area contributed by atoms with Gasteiger partial charge in [-0.05, 0) is 24.0 Å². The van der Waals surface area contributed by atoms with Crippen LogP contribution in [0.3, 0.4) is 0 Å². The van der Waals surface area contributed by atoms with E-state index < -0.39 is 35.3 Å². The Morgan fingerprint density at radius 2 is 1.86 bits per heavy atom. The first-order valence-corrected chi connectivity index (χ1v) is 12.2. The number of H-pyrrole nitrogens is 1. The molecule has 0 aliphatic heterocycles. The molecule has 198 valence electrons. The van der Waals surface area contributed by atoms with Crippen molar-refractivity contribution < 1.29 is 23.9 Å². The summed E-state index contributed by atoms with van der Waals surface area (Å²) in [6.45, 7) is 7.20. The molecule has 0 spiro atoms. The van der Waals surface area contributed by atoms with Gasteiger partial charge in [0.25, 0.3) is 5.91 Å². The third kappa shape index (κ3) is 6.83. The lowest BCUT2D eigenvalue weighted by molar-refractivity contribution is -0.139. The van der Waals surface area contributed by atoms with Gasteiger partial charge in [0.2, 0.25) is 17.6 Å². The second-order valence-corrected chi connectivity index (χ2v) is 10.1. The molecule has 37 heavy (non-hydrogen) atoms. The number of amides is 2. The van der Waals surface area contributed by atoms with Gasteiger partial charge < -0.3 is 14.8 Å². The Bertz CT molecular complexity index is 1240. The number of pyridine rings is 1. The Labute approximate surface area is 222 Å². The minimum atomic E-state index is -1.42. The van der Waals surface area contributed by atoms with E-state index in [1.165, 1.54) is 24.4 Å². The molecule has 1 unspecified atom stereocenters. The molecule has 0 radical (unpaired) electrons. The van der Waals surface area contributed by atoms with Gasteiger partial charge in [-0.25, -0.2) is 9.78 Å². The zero-order valence-electron chi connectivity index (χ0n) is 20.7. The maximum Gasteiger partial charge on any atom is 0.408 e. The zero-order chi connectivity index (χ0) is 27.3. The summed E-state index contributed by atoms with van der Waals surface area (Å²) in [5, 5.41) is 27.3. The van der Waals surface area contributed by atoms with Crippen molar-refractivity contribution in [1.82, 2.24) is 30.3 Å². The standard InChI is InChI=1S/C23H27Cl2N7O5/c1-5-6-7-13(17(33)19(34)28-16-8-9-26-29-16)32(22(35)36)18(23(2,3)4)21-31-30-20(37-21)12-10-14(24)27-15(25)11-12/h8-11,13,18H,5-7H2,1-4H3,(H,35,36)(H2,26,28,29,34)/t13-,18?/m0/s1. The van der Waals surface area contributed by atoms with Crippen molar-refractivity contribution in [2.45, 2.75) is 59.0 Å². The molecule has 0 aliphatic carbocycles. The quantitative estimate of drug-likeness (QED) is 0.232. The Kier molecular flexibility index (Phi) is 8.87. The Morgan fingerprint density at radius 1 is 1.19 bits per heavy atom. The van der Waals surface area contributed by atoms with Gasteiger partial charge in [0.05, 0.1) is 6.20 Å². The number of carbonyl (C=O) groups is 3. The summed E-state index contributed by atoms with van der Waals surface area (Å²) in [5.74, 6) is -1.71. The molecular weight excluding hydrogens is 525 g/mol. The Morgan fingerprint density at radius 3 is 2.41 bits per heavy atom. The number of nitrogens with zero attached hydrogens (tertiary/aromatic N) is 5. The predicted molar refractivity (Wildman–Crippen MR) is 135 cm³/mol. The van der Waals surface area contributed by atoms with Crippen LogP contribution < -0.4 is 5.32 Å². The number of carbonyl (C=O) groups excluding carboxylic acids is 2. The van der Waals surface area contributed by atoms with E-state index in [1.54, 1.807) is 20.8 Å². The molecule has 0 saturated carbocycles. The molecule has 0 saturated heterocycles. The van der Waals surface area contributed by atoms with Gasteiger partial charge in [0.1, 0.15) is 28.2 Å². The summed E-state index contributed by atoms with van der Waals surface area (Å²) < 4.78 is 5.88. The average Bonchev–Trinajstić information content (AvgIpc) is 3.49. The first-order chi connectivity index (χ1) is 17.4. The zero-order valence-corrected chi connectivity index (χ0v) is 22.2. The number of anilines is 1. The molecule has 3 N–H and O–H groups in total. The highest BCUT2D eigenvalue weighted by Gasteiger charge is 2.45. The minimum absolute atomic E-state index is 0.0363. The van der Waals surface area contributed by atoms with Gasteiger partial charge in [0, 0.05) is 11.6 Å². The molecular formula is C23H27Cl2N7O5. The SMILES string of the molecule is CCCC[C@@H](C(=O)C(=O)Nc1ccn[nH]1)N(C(=O)O)C(c1nnc(-c2cc(Cl)nc(Cl)c2)o1)C(C)(C)C. The van der Waals surface area contributed by atoms with Crippen LogP contribution in [0.1, 0.15) is 58.9 Å². The third-order valence-electron chi connectivity index (χ3n) is 5.45. The lowest BCUT2D eigenvalue weighted by Gasteiger charge is -2.39. The largest absolute Gasteiger partial charge is 0.465 e. The summed E-state index contributed by atoms with van der Waals surface area (Å²) in [7, 11) is 0. The highest BCUT2D eigenvalue weighted by molar-refractivity contribution is 6.42. The van der Waals surface area contributed by atoms with Gasteiger partial charge in [-0.1, -0.05) is 63.7 Å². The van der Waals surface area contributed by atoms with Crippen LogP contribution in [0.4, 0.5) is 10.6 Å². The summed E-state index contributed by atoms with van der Waals surface area (Å²) >= 11 is 12.0. The van der Waals surface area contributed by atoms with E-state index in [2.05, 4.69) is 30.7 Å². The van der Waals surface area contributed by atoms with Gasteiger partial charge in [-0.15, -0.1) is 10.2 Å². The van der Waals surface area contributed by atoms with Crippen LogP contribution in [0.5, 0.6) is 0 Å². The van der Waals surface area contributed by atoms with Gasteiger partial charge in [-0.2, -0.15) is 5.10 Å². The fraction of sp³-hybridized carbons (Fsp3) is 0.435. The van der Waals surface area contributed by atoms with Crippen molar-refractivity contribution in [3.8, 4) is 11.5 Å². The molecule has 14 heteroatoms. The number of rotatable bonds is 10. The second kappa shape index (κ2) is 11.7. The smallest absolute Gasteiger partial charge is 0.408 e. The fourth-order valence-electron chi connectivity index (χ4n) is 3.84. The number of hydrogen-bond acceptors (Lipinski definition) is 8. The Hall–Kier alpha value is -3.51.